The van der Waals surface area contributed by atoms with Crippen LogP contribution in [0.5, 0.6) is 0 Å². The highest BCUT2D eigenvalue weighted by atomic mass is 32.1. The molecule has 12 heavy (non-hydrogen) atoms. The first kappa shape index (κ1) is 9.08. The maximum atomic E-state index is 12.6. The Morgan fingerprint density at radius 2 is 2.50 bits per heavy atom. The molecule has 6 heteroatoms. The average Bonchev–Trinajstić information content (AvgIpc) is 2.29. The second kappa shape index (κ2) is 3.59. The minimum atomic E-state index is -0.810. The highest BCUT2D eigenvalue weighted by molar-refractivity contribution is 7.17. The van der Waals surface area contributed by atoms with Crippen LogP contribution in [0.25, 0.3) is 0 Å². The Labute approximate surface area is 72.1 Å². The fraction of sp³-hybridized carbons (Fsp3) is 0.333. The van der Waals surface area contributed by atoms with Gasteiger partial charge in [-0.05, 0) is 6.92 Å². The Morgan fingerprint density at radius 1 is 1.83 bits per heavy atom. The molecule has 1 rings (SSSR count). The molecule has 66 valence electrons. The third kappa shape index (κ3) is 1.99. The zero-order valence-electron chi connectivity index (χ0n) is 6.24. The molecule has 1 aromatic rings. The lowest BCUT2D eigenvalue weighted by atomic mass is 10.6. The van der Waals surface area contributed by atoms with Gasteiger partial charge in [-0.15, -0.1) is 0 Å². The van der Waals surface area contributed by atoms with Crippen LogP contribution >= 0.6 is 11.3 Å². The summed E-state index contributed by atoms with van der Waals surface area (Å²) >= 11 is 0.863. The number of nitrogens with one attached hydrogen (secondary N) is 1. The van der Waals surface area contributed by atoms with Gasteiger partial charge in [0.25, 0.3) is 0 Å². The van der Waals surface area contributed by atoms with Gasteiger partial charge in [0.15, 0.2) is 11.4 Å². The maximum Gasteiger partial charge on any atom is 0.236 e. The third-order valence-corrected chi connectivity index (χ3v) is 1.94. The number of aldehydes is 1. The van der Waals surface area contributed by atoms with E-state index in [0.29, 0.717) is 6.29 Å². The summed E-state index contributed by atoms with van der Waals surface area (Å²) in [6.07, 6.45) is -0.421. The number of hydrogen-bond donors (Lipinski definition) is 2. The highest BCUT2D eigenvalue weighted by Crippen LogP contribution is 2.20. The molecule has 0 aliphatic carbocycles. The van der Waals surface area contributed by atoms with Crippen LogP contribution in [0.1, 0.15) is 16.6 Å². The number of aliphatic hydroxyl groups is 1. The minimum Gasteiger partial charge on any atom is -0.374 e. The van der Waals surface area contributed by atoms with E-state index in [2.05, 4.69) is 10.3 Å². The molecule has 1 heterocycles. The number of hydrogen-bond acceptors (Lipinski definition) is 5. The average molecular weight is 190 g/mol. The lowest BCUT2D eigenvalue weighted by molar-refractivity contribution is 0.112. The van der Waals surface area contributed by atoms with Crippen molar-refractivity contribution >= 4 is 22.8 Å². The molecule has 4 nitrogen and oxygen atoms in total. The number of carbonyl (C=O) groups excluding carboxylic acids is 1. The Kier molecular flexibility index (Phi) is 2.72. The molecular weight excluding hydrogens is 183 g/mol. The molecular formula is C6H7FN2O2S. The Balaban J connectivity index is 2.82. The van der Waals surface area contributed by atoms with Gasteiger partial charge in [-0.2, -0.15) is 9.37 Å². The molecule has 0 amide bonds. The van der Waals surface area contributed by atoms with Crippen LogP contribution in [-0.4, -0.2) is 22.6 Å². The topological polar surface area (TPSA) is 62.2 Å². The van der Waals surface area contributed by atoms with Crippen LogP contribution in [0.2, 0.25) is 0 Å². The molecule has 0 spiro atoms. The molecule has 0 saturated carbocycles. The smallest absolute Gasteiger partial charge is 0.236 e. The van der Waals surface area contributed by atoms with Crippen LogP contribution in [0.3, 0.4) is 0 Å². The van der Waals surface area contributed by atoms with E-state index in [9.17, 15) is 9.18 Å². The summed E-state index contributed by atoms with van der Waals surface area (Å²) in [6, 6.07) is 0. The standard InChI is InChI=1S/C6H7FN2O2S/c1-3(11)8-6-9-5(7)4(2-10)12-6/h2-3,11H,1H3,(H,8,9). The van der Waals surface area contributed by atoms with E-state index in [1.165, 1.54) is 6.92 Å². The number of aromatic nitrogens is 1. The SMILES string of the molecule is CC(O)Nc1nc(F)c(C=O)s1. The van der Waals surface area contributed by atoms with Crippen molar-refractivity contribution in [3.63, 3.8) is 0 Å². The molecule has 0 aromatic carbocycles. The van der Waals surface area contributed by atoms with Crippen molar-refractivity contribution in [2.75, 3.05) is 5.32 Å². The second-order valence-electron chi connectivity index (χ2n) is 2.11. The van der Waals surface area contributed by atoms with Crippen LogP contribution < -0.4 is 5.32 Å². The van der Waals surface area contributed by atoms with Crippen molar-refractivity contribution in [1.29, 1.82) is 0 Å². The van der Waals surface area contributed by atoms with Crippen LogP contribution in [0.15, 0.2) is 0 Å². The monoisotopic (exact) mass is 190 g/mol. The van der Waals surface area contributed by atoms with E-state index < -0.39 is 12.2 Å². The van der Waals surface area contributed by atoms with Crippen molar-refractivity contribution < 1.29 is 14.3 Å². The van der Waals surface area contributed by atoms with E-state index >= 15 is 0 Å². The van der Waals surface area contributed by atoms with E-state index in [0.717, 1.165) is 11.3 Å². The Bertz CT molecular complexity index is 287. The van der Waals surface area contributed by atoms with Gasteiger partial charge in [0.2, 0.25) is 5.95 Å². The zero-order chi connectivity index (χ0) is 9.14. The molecule has 0 saturated heterocycles. The summed E-state index contributed by atoms with van der Waals surface area (Å²) in [7, 11) is 0. The highest BCUT2D eigenvalue weighted by Gasteiger charge is 2.10. The largest absolute Gasteiger partial charge is 0.374 e. The number of rotatable bonds is 3. The van der Waals surface area contributed by atoms with Crippen LogP contribution in [0, 0.1) is 5.95 Å². The van der Waals surface area contributed by atoms with Crippen molar-refractivity contribution in [2.45, 2.75) is 13.2 Å². The molecule has 2 N–H and O–H groups in total. The number of anilines is 1. The second-order valence-corrected chi connectivity index (χ2v) is 3.14. The van der Waals surface area contributed by atoms with Gasteiger partial charge in [-0.25, -0.2) is 0 Å². The normalized spacial score (nSPS) is 12.6. The van der Waals surface area contributed by atoms with Gasteiger partial charge in [0.05, 0.1) is 0 Å². The van der Waals surface area contributed by atoms with Gasteiger partial charge >= 0.3 is 0 Å². The fourth-order valence-corrected chi connectivity index (χ4v) is 1.37. The molecule has 0 fully saturated rings. The Morgan fingerprint density at radius 3 is 2.92 bits per heavy atom. The first-order chi connectivity index (χ1) is 5.63. The summed E-state index contributed by atoms with van der Waals surface area (Å²) in [5.41, 5.74) is 0. The summed E-state index contributed by atoms with van der Waals surface area (Å²) in [5, 5.41) is 11.5. The summed E-state index contributed by atoms with van der Waals surface area (Å²) in [5.74, 6) is -0.807. The molecule has 1 atom stereocenters. The maximum absolute atomic E-state index is 12.6. The molecule has 0 aliphatic rings. The summed E-state index contributed by atoms with van der Waals surface area (Å²) < 4.78 is 12.6. The summed E-state index contributed by atoms with van der Waals surface area (Å²) in [6.45, 7) is 1.47. The quantitative estimate of drug-likeness (QED) is 0.547. The summed E-state index contributed by atoms with van der Waals surface area (Å²) in [4.78, 5) is 13.5. The zero-order valence-corrected chi connectivity index (χ0v) is 7.06. The molecule has 1 aromatic heterocycles. The van der Waals surface area contributed by atoms with Crippen molar-refractivity contribution in [1.82, 2.24) is 4.98 Å². The van der Waals surface area contributed by atoms with Gasteiger partial charge in [-0.1, -0.05) is 11.3 Å². The van der Waals surface area contributed by atoms with Crippen molar-refractivity contribution in [3.05, 3.63) is 10.8 Å². The lowest BCUT2D eigenvalue weighted by Gasteiger charge is -2.02. The van der Waals surface area contributed by atoms with Gasteiger partial charge in [0, 0.05) is 0 Å². The predicted octanol–water partition coefficient (Wildman–Crippen LogP) is 0.845. The van der Waals surface area contributed by atoms with E-state index in [1.807, 2.05) is 0 Å². The van der Waals surface area contributed by atoms with Crippen LogP contribution in [-0.2, 0) is 0 Å². The first-order valence-corrected chi connectivity index (χ1v) is 4.01. The number of nitrogens with zero attached hydrogens (tertiary/aromatic N) is 1. The molecule has 0 radical (unpaired) electrons. The number of aliphatic hydroxyl groups excluding tert-OH is 1. The lowest BCUT2D eigenvalue weighted by Crippen LogP contribution is -2.12. The fourth-order valence-electron chi connectivity index (χ4n) is 0.626. The number of carbonyl (C=O) groups is 1. The number of thiazole rings is 1. The minimum absolute atomic E-state index is 0.0712. The molecule has 0 bridgehead atoms. The van der Waals surface area contributed by atoms with Gasteiger partial charge in [-0.3, -0.25) is 4.79 Å². The van der Waals surface area contributed by atoms with E-state index in [-0.39, 0.29) is 10.0 Å². The molecule has 0 aliphatic heterocycles. The molecule has 1 unspecified atom stereocenters. The van der Waals surface area contributed by atoms with E-state index in [1.54, 1.807) is 0 Å². The van der Waals surface area contributed by atoms with E-state index in [4.69, 9.17) is 5.11 Å². The van der Waals surface area contributed by atoms with Gasteiger partial charge < -0.3 is 10.4 Å². The predicted molar refractivity (Wildman–Crippen MR) is 42.8 cm³/mol. The van der Waals surface area contributed by atoms with Crippen LogP contribution in [0.4, 0.5) is 9.52 Å². The van der Waals surface area contributed by atoms with Crippen molar-refractivity contribution in [2.24, 2.45) is 0 Å². The Hall–Kier alpha value is -1.01. The third-order valence-electron chi connectivity index (χ3n) is 1.05. The number of halogens is 1. The first-order valence-electron chi connectivity index (χ1n) is 3.19. The van der Waals surface area contributed by atoms with Crippen molar-refractivity contribution in [3.8, 4) is 0 Å². The van der Waals surface area contributed by atoms with Gasteiger partial charge in [0.1, 0.15) is 11.1 Å².